The van der Waals surface area contributed by atoms with Crippen LogP contribution in [-0.2, 0) is 11.2 Å². The molecule has 0 aliphatic rings. The molecule has 0 aliphatic carbocycles. The minimum atomic E-state index is -1.29. The summed E-state index contributed by atoms with van der Waals surface area (Å²) in [5.41, 5.74) is 6.23. The molecule has 0 saturated heterocycles. The summed E-state index contributed by atoms with van der Waals surface area (Å²) in [6.07, 6.45) is 0.722. The van der Waals surface area contributed by atoms with E-state index in [0.29, 0.717) is 0 Å². The lowest BCUT2D eigenvalue weighted by atomic mass is 10.0. The van der Waals surface area contributed by atoms with E-state index < -0.39 is 17.8 Å². The van der Waals surface area contributed by atoms with Crippen LogP contribution >= 0.6 is 0 Å². The number of benzene rings is 1. The van der Waals surface area contributed by atoms with Crippen LogP contribution in [0.15, 0.2) is 18.2 Å². The highest BCUT2D eigenvalue weighted by Crippen LogP contribution is 2.17. The maximum absolute atomic E-state index is 13.2. The molecule has 0 amide bonds. The SMILES string of the molecule is CCc1ccc(F)c(C(N)C(=O)O)c1. The van der Waals surface area contributed by atoms with Crippen molar-refractivity contribution >= 4 is 5.97 Å². The van der Waals surface area contributed by atoms with Gasteiger partial charge in [0.25, 0.3) is 0 Å². The van der Waals surface area contributed by atoms with Crippen molar-refractivity contribution < 1.29 is 14.3 Å². The maximum Gasteiger partial charge on any atom is 0.325 e. The van der Waals surface area contributed by atoms with E-state index in [4.69, 9.17) is 10.8 Å². The summed E-state index contributed by atoms with van der Waals surface area (Å²) in [6.45, 7) is 1.91. The first-order valence-corrected chi connectivity index (χ1v) is 4.33. The monoisotopic (exact) mass is 197 g/mol. The van der Waals surface area contributed by atoms with Gasteiger partial charge in [-0.05, 0) is 18.1 Å². The fourth-order valence-corrected chi connectivity index (χ4v) is 1.18. The van der Waals surface area contributed by atoms with Crippen molar-refractivity contribution in [3.8, 4) is 0 Å². The zero-order chi connectivity index (χ0) is 10.7. The van der Waals surface area contributed by atoms with Gasteiger partial charge < -0.3 is 10.8 Å². The molecular formula is C10H12FNO2. The molecule has 14 heavy (non-hydrogen) atoms. The maximum atomic E-state index is 13.2. The quantitative estimate of drug-likeness (QED) is 0.771. The van der Waals surface area contributed by atoms with Gasteiger partial charge in [-0.15, -0.1) is 0 Å². The van der Waals surface area contributed by atoms with E-state index in [2.05, 4.69) is 0 Å². The van der Waals surface area contributed by atoms with Gasteiger partial charge in [0.05, 0.1) is 0 Å². The number of halogens is 1. The molecule has 0 aromatic heterocycles. The Labute approximate surface area is 81.4 Å². The molecule has 0 spiro atoms. The Balaban J connectivity index is 3.11. The zero-order valence-corrected chi connectivity index (χ0v) is 7.83. The summed E-state index contributed by atoms with van der Waals surface area (Å²) < 4.78 is 13.2. The number of nitrogens with two attached hydrogens (primary N) is 1. The molecule has 0 bridgehead atoms. The van der Waals surface area contributed by atoms with Gasteiger partial charge in [0.15, 0.2) is 0 Å². The lowest BCUT2D eigenvalue weighted by Crippen LogP contribution is -2.22. The summed E-state index contributed by atoms with van der Waals surface area (Å²) in [7, 11) is 0. The summed E-state index contributed by atoms with van der Waals surface area (Å²) >= 11 is 0. The van der Waals surface area contributed by atoms with E-state index in [1.54, 1.807) is 6.07 Å². The first-order chi connectivity index (χ1) is 6.56. The lowest BCUT2D eigenvalue weighted by Gasteiger charge is -2.09. The Morgan fingerprint density at radius 2 is 2.29 bits per heavy atom. The molecule has 0 heterocycles. The molecule has 3 N–H and O–H groups in total. The van der Waals surface area contributed by atoms with Crippen LogP contribution in [0.3, 0.4) is 0 Å². The van der Waals surface area contributed by atoms with Gasteiger partial charge in [-0.1, -0.05) is 19.1 Å². The van der Waals surface area contributed by atoms with Crippen molar-refractivity contribution in [3.05, 3.63) is 35.1 Å². The number of hydrogen-bond donors (Lipinski definition) is 2. The number of hydrogen-bond acceptors (Lipinski definition) is 2. The van der Waals surface area contributed by atoms with Crippen LogP contribution in [0.2, 0.25) is 0 Å². The van der Waals surface area contributed by atoms with Gasteiger partial charge in [-0.3, -0.25) is 4.79 Å². The van der Waals surface area contributed by atoms with Crippen molar-refractivity contribution in [2.24, 2.45) is 5.73 Å². The second-order valence-corrected chi connectivity index (χ2v) is 3.03. The predicted molar refractivity (Wildman–Crippen MR) is 50.3 cm³/mol. The van der Waals surface area contributed by atoms with E-state index in [1.807, 2.05) is 6.92 Å². The summed E-state index contributed by atoms with van der Waals surface area (Å²) in [4.78, 5) is 10.6. The molecule has 1 aromatic rings. The van der Waals surface area contributed by atoms with Gasteiger partial charge in [-0.25, -0.2) is 4.39 Å². The van der Waals surface area contributed by atoms with E-state index in [-0.39, 0.29) is 5.56 Å². The summed E-state index contributed by atoms with van der Waals surface area (Å²) in [6, 6.07) is 3.07. The second kappa shape index (κ2) is 4.19. The zero-order valence-electron chi connectivity index (χ0n) is 7.83. The van der Waals surface area contributed by atoms with Gasteiger partial charge in [0.1, 0.15) is 11.9 Å². The second-order valence-electron chi connectivity index (χ2n) is 3.03. The topological polar surface area (TPSA) is 63.3 Å². The van der Waals surface area contributed by atoms with Crippen LogP contribution in [0.5, 0.6) is 0 Å². The highest BCUT2D eigenvalue weighted by atomic mass is 19.1. The third-order valence-electron chi connectivity index (χ3n) is 2.07. The number of rotatable bonds is 3. The predicted octanol–water partition coefficient (Wildman–Crippen LogP) is 1.47. The van der Waals surface area contributed by atoms with E-state index in [9.17, 15) is 9.18 Å². The molecule has 1 rings (SSSR count). The smallest absolute Gasteiger partial charge is 0.325 e. The van der Waals surface area contributed by atoms with Crippen LogP contribution in [0.4, 0.5) is 4.39 Å². The minimum Gasteiger partial charge on any atom is -0.480 e. The highest BCUT2D eigenvalue weighted by molar-refractivity contribution is 5.75. The molecule has 1 aromatic carbocycles. The van der Waals surface area contributed by atoms with Gasteiger partial charge in [0.2, 0.25) is 0 Å². The molecule has 1 atom stereocenters. The van der Waals surface area contributed by atoms with Gasteiger partial charge in [0, 0.05) is 5.56 Å². The number of aliphatic carboxylic acids is 1. The Kier molecular flexibility index (Phi) is 3.19. The van der Waals surface area contributed by atoms with Gasteiger partial charge >= 0.3 is 5.97 Å². The fraction of sp³-hybridized carbons (Fsp3) is 0.300. The molecule has 0 saturated carbocycles. The van der Waals surface area contributed by atoms with Crippen LogP contribution in [-0.4, -0.2) is 11.1 Å². The number of carboxylic acids is 1. The van der Waals surface area contributed by atoms with E-state index in [0.717, 1.165) is 12.0 Å². The number of carboxylic acid groups (broad SMARTS) is 1. The van der Waals surface area contributed by atoms with Crippen molar-refractivity contribution in [2.45, 2.75) is 19.4 Å². The molecule has 4 heteroatoms. The van der Waals surface area contributed by atoms with E-state index in [1.165, 1.54) is 12.1 Å². The average molecular weight is 197 g/mol. The molecule has 0 aliphatic heterocycles. The summed E-state index contributed by atoms with van der Waals surface area (Å²) in [5.74, 6) is -1.80. The molecular weight excluding hydrogens is 185 g/mol. The van der Waals surface area contributed by atoms with E-state index >= 15 is 0 Å². The first-order valence-electron chi connectivity index (χ1n) is 4.33. The van der Waals surface area contributed by atoms with Crippen molar-refractivity contribution in [1.82, 2.24) is 0 Å². The standard InChI is InChI=1S/C10H12FNO2/c1-2-6-3-4-8(11)7(5-6)9(12)10(13)14/h3-5,9H,2,12H2,1H3,(H,13,14). The first kappa shape index (κ1) is 10.7. The molecule has 1 unspecified atom stereocenters. The Morgan fingerprint density at radius 1 is 1.64 bits per heavy atom. The Hall–Kier alpha value is -1.42. The summed E-state index contributed by atoms with van der Waals surface area (Å²) in [5, 5.41) is 8.63. The Morgan fingerprint density at radius 3 is 2.79 bits per heavy atom. The van der Waals surface area contributed by atoms with Gasteiger partial charge in [-0.2, -0.15) is 0 Å². The third-order valence-corrected chi connectivity index (χ3v) is 2.07. The van der Waals surface area contributed by atoms with Crippen molar-refractivity contribution in [2.75, 3.05) is 0 Å². The molecule has 0 radical (unpaired) electrons. The van der Waals surface area contributed by atoms with Crippen molar-refractivity contribution in [1.29, 1.82) is 0 Å². The van der Waals surface area contributed by atoms with Crippen LogP contribution in [0.25, 0.3) is 0 Å². The fourth-order valence-electron chi connectivity index (χ4n) is 1.18. The highest BCUT2D eigenvalue weighted by Gasteiger charge is 2.18. The van der Waals surface area contributed by atoms with Crippen molar-refractivity contribution in [3.63, 3.8) is 0 Å². The average Bonchev–Trinajstić information content (AvgIpc) is 2.17. The Bertz CT molecular complexity index is 352. The molecule has 76 valence electrons. The van der Waals surface area contributed by atoms with Crippen LogP contribution in [0, 0.1) is 5.82 Å². The molecule has 0 fully saturated rings. The van der Waals surface area contributed by atoms with Crippen LogP contribution < -0.4 is 5.73 Å². The number of aryl methyl sites for hydroxylation is 1. The third kappa shape index (κ3) is 2.09. The number of carbonyl (C=O) groups is 1. The lowest BCUT2D eigenvalue weighted by molar-refractivity contribution is -0.138. The minimum absolute atomic E-state index is 0.0388. The normalized spacial score (nSPS) is 12.5. The van der Waals surface area contributed by atoms with Crippen LogP contribution in [0.1, 0.15) is 24.1 Å². The largest absolute Gasteiger partial charge is 0.480 e. The molecule has 3 nitrogen and oxygen atoms in total.